The highest BCUT2D eigenvalue weighted by Crippen LogP contribution is 2.22. The number of aromatic nitrogens is 3. The van der Waals surface area contributed by atoms with Crippen LogP contribution in [0.3, 0.4) is 0 Å². The Kier molecular flexibility index (Phi) is 4.88. The second-order valence-corrected chi connectivity index (χ2v) is 6.00. The molecule has 7 nitrogen and oxygen atoms in total. The SMILES string of the molecule is CNC(=O)CC1CCN(C(=O)c2cnn(-c3cccnc3)c2)CC1. The fraction of sp³-hybridized carbons (Fsp3) is 0.412. The quantitative estimate of drug-likeness (QED) is 0.917. The molecule has 0 radical (unpaired) electrons. The van der Waals surface area contributed by atoms with E-state index in [1.54, 1.807) is 36.5 Å². The predicted molar refractivity (Wildman–Crippen MR) is 88.7 cm³/mol. The molecule has 7 heteroatoms. The monoisotopic (exact) mass is 327 g/mol. The van der Waals surface area contributed by atoms with Crippen LogP contribution in [0.4, 0.5) is 0 Å². The number of rotatable bonds is 4. The van der Waals surface area contributed by atoms with Crippen LogP contribution >= 0.6 is 0 Å². The summed E-state index contributed by atoms with van der Waals surface area (Å²) >= 11 is 0. The van der Waals surface area contributed by atoms with Crippen LogP contribution in [-0.4, -0.2) is 51.6 Å². The molecule has 1 aliphatic heterocycles. The summed E-state index contributed by atoms with van der Waals surface area (Å²) in [4.78, 5) is 29.9. The van der Waals surface area contributed by atoms with Crippen molar-refractivity contribution in [3.63, 3.8) is 0 Å². The van der Waals surface area contributed by atoms with Gasteiger partial charge in [-0.05, 0) is 30.9 Å². The average molecular weight is 327 g/mol. The number of likely N-dealkylation sites (tertiary alicyclic amines) is 1. The van der Waals surface area contributed by atoms with Gasteiger partial charge in [-0.2, -0.15) is 5.10 Å². The van der Waals surface area contributed by atoms with Gasteiger partial charge in [0.2, 0.25) is 5.91 Å². The zero-order valence-corrected chi connectivity index (χ0v) is 13.7. The molecule has 2 amide bonds. The Balaban J connectivity index is 1.60. The molecule has 3 rings (SSSR count). The number of carbonyl (C=O) groups excluding carboxylic acids is 2. The fourth-order valence-corrected chi connectivity index (χ4v) is 2.95. The van der Waals surface area contributed by atoms with E-state index >= 15 is 0 Å². The van der Waals surface area contributed by atoms with E-state index in [1.807, 2.05) is 17.0 Å². The lowest BCUT2D eigenvalue weighted by Crippen LogP contribution is -2.39. The van der Waals surface area contributed by atoms with Gasteiger partial charge in [0.05, 0.1) is 23.6 Å². The minimum Gasteiger partial charge on any atom is -0.359 e. The number of nitrogens with zero attached hydrogens (tertiary/aromatic N) is 4. The lowest BCUT2D eigenvalue weighted by molar-refractivity contribution is -0.121. The van der Waals surface area contributed by atoms with Gasteiger partial charge >= 0.3 is 0 Å². The van der Waals surface area contributed by atoms with Crippen LogP contribution in [0, 0.1) is 5.92 Å². The van der Waals surface area contributed by atoms with E-state index in [-0.39, 0.29) is 11.8 Å². The third-order valence-electron chi connectivity index (χ3n) is 4.39. The van der Waals surface area contributed by atoms with Crippen molar-refractivity contribution in [3.05, 3.63) is 42.5 Å². The number of amides is 2. The minimum atomic E-state index is -0.0106. The summed E-state index contributed by atoms with van der Waals surface area (Å²) in [6.07, 6.45) is 8.97. The van der Waals surface area contributed by atoms with Crippen LogP contribution in [0.1, 0.15) is 29.6 Å². The molecule has 24 heavy (non-hydrogen) atoms. The summed E-state index contributed by atoms with van der Waals surface area (Å²) < 4.78 is 1.65. The molecular weight excluding hydrogens is 306 g/mol. The molecule has 1 saturated heterocycles. The minimum absolute atomic E-state index is 0.0106. The van der Waals surface area contributed by atoms with Crippen LogP contribution in [0.2, 0.25) is 0 Å². The highest BCUT2D eigenvalue weighted by atomic mass is 16.2. The molecule has 1 aliphatic rings. The number of piperidine rings is 1. The molecule has 0 unspecified atom stereocenters. The van der Waals surface area contributed by atoms with Crippen molar-refractivity contribution in [1.29, 1.82) is 0 Å². The lowest BCUT2D eigenvalue weighted by Gasteiger charge is -2.31. The zero-order valence-electron chi connectivity index (χ0n) is 13.7. The number of hydrogen-bond acceptors (Lipinski definition) is 4. The molecule has 0 atom stereocenters. The van der Waals surface area contributed by atoms with Gasteiger partial charge in [0.25, 0.3) is 5.91 Å². The molecule has 0 aromatic carbocycles. The van der Waals surface area contributed by atoms with Crippen molar-refractivity contribution in [2.75, 3.05) is 20.1 Å². The maximum absolute atomic E-state index is 12.6. The molecule has 1 fully saturated rings. The van der Waals surface area contributed by atoms with E-state index in [2.05, 4.69) is 15.4 Å². The Morgan fingerprint density at radius 1 is 1.29 bits per heavy atom. The van der Waals surface area contributed by atoms with Crippen molar-refractivity contribution >= 4 is 11.8 Å². The summed E-state index contributed by atoms with van der Waals surface area (Å²) in [6, 6.07) is 3.72. The molecular formula is C17H21N5O2. The first kappa shape index (κ1) is 16.2. The Hall–Kier alpha value is -2.70. The molecule has 0 saturated carbocycles. The number of hydrogen-bond donors (Lipinski definition) is 1. The Morgan fingerprint density at radius 2 is 2.08 bits per heavy atom. The number of carbonyl (C=O) groups is 2. The second kappa shape index (κ2) is 7.25. The van der Waals surface area contributed by atoms with Crippen LogP contribution in [-0.2, 0) is 4.79 Å². The second-order valence-electron chi connectivity index (χ2n) is 6.00. The van der Waals surface area contributed by atoms with Gasteiger partial charge in [-0.3, -0.25) is 14.6 Å². The van der Waals surface area contributed by atoms with Gasteiger partial charge < -0.3 is 10.2 Å². The molecule has 1 N–H and O–H groups in total. The topological polar surface area (TPSA) is 80.1 Å². The average Bonchev–Trinajstić information content (AvgIpc) is 3.12. The highest BCUT2D eigenvalue weighted by molar-refractivity contribution is 5.93. The number of pyridine rings is 1. The normalized spacial score (nSPS) is 15.3. The summed E-state index contributed by atoms with van der Waals surface area (Å²) in [5.74, 6) is 0.410. The zero-order chi connectivity index (χ0) is 16.9. The molecule has 2 aromatic heterocycles. The summed E-state index contributed by atoms with van der Waals surface area (Å²) in [5, 5.41) is 6.90. The van der Waals surface area contributed by atoms with Gasteiger partial charge in [-0.1, -0.05) is 0 Å². The fourth-order valence-electron chi connectivity index (χ4n) is 2.95. The third kappa shape index (κ3) is 3.61. The van der Waals surface area contributed by atoms with Gasteiger partial charge in [0.1, 0.15) is 0 Å². The van der Waals surface area contributed by atoms with Gasteiger partial charge in [0, 0.05) is 39.0 Å². The molecule has 3 heterocycles. The molecule has 2 aromatic rings. The molecule has 0 bridgehead atoms. The summed E-state index contributed by atoms with van der Waals surface area (Å²) in [5.41, 5.74) is 1.39. The third-order valence-corrected chi connectivity index (χ3v) is 4.39. The van der Waals surface area contributed by atoms with E-state index in [1.165, 1.54) is 0 Å². The molecule has 0 aliphatic carbocycles. The maximum atomic E-state index is 12.6. The molecule has 0 spiro atoms. The highest BCUT2D eigenvalue weighted by Gasteiger charge is 2.25. The van der Waals surface area contributed by atoms with E-state index in [9.17, 15) is 9.59 Å². The Labute approximate surface area is 140 Å². The maximum Gasteiger partial charge on any atom is 0.257 e. The molecule has 126 valence electrons. The Bertz CT molecular complexity index is 705. The first-order valence-corrected chi connectivity index (χ1v) is 8.12. The predicted octanol–water partition coefficient (Wildman–Crippen LogP) is 1.26. The van der Waals surface area contributed by atoms with Crippen molar-refractivity contribution < 1.29 is 9.59 Å². The lowest BCUT2D eigenvalue weighted by atomic mass is 9.93. The first-order valence-electron chi connectivity index (χ1n) is 8.12. The van der Waals surface area contributed by atoms with Crippen LogP contribution in [0.5, 0.6) is 0 Å². The number of nitrogens with one attached hydrogen (secondary N) is 1. The van der Waals surface area contributed by atoms with E-state index < -0.39 is 0 Å². The standard InChI is InChI=1S/C17H21N5O2/c1-18-16(23)9-13-4-7-21(8-5-13)17(24)14-10-20-22(12-14)15-3-2-6-19-11-15/h2-3,6,10-13H,4-5,7-9H2,1H3,(H,18,23). The van der Waals surface area contributed by atoms with Gasteiger partial charge in [0.15, 0.2) is 0 Å². The summed E-state index contributed by atoms with van der Waals surface area (Å²) in [7, 11) is 1.65. The van der Waals surface area contributed by atoms with Crippen molar-refractivity contribution in [1.82, 2.24) is 25.0 Å². The summed E-state index contributed by atoms with van der Waals surface area (Å²) in [6.45, 7) is 1.36. The smallest absolute Gasteiger partial charge is 0.257 e. The Morgan fingerprint density at radius 3 is 2.75 bits per heavy atom. The van der Waals surface area contributed by atoms with E-state index in [0.29, 0.717) is 31.0 Å². The van der Waals surface area contributed by atoms with Gasteiger partial charge in [-0.25, -0.2) is 4.68 Å². The van der Waals surface area contributed by atoms with Crippen LogP contribution < -0.4 is 5.32 Å². The van der Waals surface area contributed by atoms with E-state index in [0.717, 1.165) is 18.5 Å². The van der Waals surface area contributed by atoms with Crippen molar-refractivity contribution in [3.8, 4) is 5.69 Å². The van der Waals surface area contributed by atoms with Crippen molar-refractivity contribution in [2.24, 2.45) is 5.92 Å². The van der Waals surface area contributed by atoms with Crippen LogP contribution in [0.15, 0.2) is 36.9 Å². The van der Waals surface area contributed by atoms with Crippen molar-refractivity contribution in [2.45, 2.75) is 19.3 Å². The largest absolute Gasteiger partial charge is 0.359 e. The van der Waals surface area contributed by atoms with E-state index in [4.69, 9.17) is 0 Å². The van der Waals surface area contributed by atoms with Gasteiger partial charge in [-0.15, -0.1) is 0 Å². The van der Waals surface area contributed by atoms with Crippen LogP contribution in [0.25, 0.3) is 5.69 Å². The first-order chi connectivity index (χ1) is 11.7.